The molecule has 0 spiro atoms. The first-order valence-electron chi connectivity index (χ1n) is 13.9. The average Bonchev–Trinajstić information content (AvgIpc) is 3.52. The number of aromatic nitrogens is 8. The number of H-pyrrole nitrogens is 1. The summed E-state index contributed by atoms with van der Waals surface area (Å²) in [5.74, 6) is 2.28. The topological polar surface area (TPSA) is 234 Å². The van der Waals surface area contributed by atoms with E-state index in [1.54, 1.807) is 12.4 Å². The maximum Gasteiger partial charge on any atom is 0.221 e. The summed E-state index contributed by atoms with van der Waals surface area (Å²) in [6, 6.07) is 10.4. The van der Waals surface area contributed by atoms with Crippen LogP contribution in [-0.2, 0) is 0 Å². The Morgan fingerprint density at radius 1 is 0.739 bits per heavy atom. The molecule has 0 atom stereocenters. The van der Waals surface area contributed by atoms with E-state index < -0.39 is 0 Å². The van der Waals surface area contributed by atoms with Crippen molar-refractivity contribution in [3.63, 3.8) is 0 Å². The van der Waals surface area contributed by atoms with Crippen LogP contribution in [0.25, 0.3) is 11.4 Å². The van der Waals surface area contributed by atoms with Gasteiger partial charge in [-0.05, 0) is 65.3 Å². The van der Waals surface area contributed by atoms with Crippen molar-refractivity contribution in [2.75, 3.05) is 22.9 Å². The molecule has 3 heterocycles. The molecule has 0 aliphatic carbocycles. The second-order valence-corrected chi connectivity index (χ2v) is 12.9. The summed E-state index contributed by atoms with van der Waals surface area (Å²) in [7, 11) is 0. The van der Waals surface area contributed by atoms with Crippen molar-refractivity contribution >= 4 is 47.1 Å². The van der Waals surface area contributed by atoms with E-state index in [2.05, 4.69) is 92.5 Å². The number of nitriles is 1. The van der Waals surface area contributed by atoms with Gasteiger partial charge in [-0.2, -0.15) is 20.4 Å². The Morgan fingerprint density at radius 3 is 1.67 bits per heavy atom. The minimum absolute atomic E-state index is 0. The molecule has 0 radical (unpaired) electrons. The van der Waals surface area contributed by atoms with Crippen LogP contribution in [0.5, 0.6) is 0 Å². The monoisotopic (exact) mass is 657 g/mol. The van der Waals surface area contributed by atoms with Crippen molar-refractivity contribution < 1.29 is 0 Å². The molecular weight excluding hydrogens is 619 g/mol. The normalized spacial score (nSPS) is 10.7. The van der Waals surface area contributed by atoms with Crippen LogP contribution in [-0.4, -0.2) is 40.6 Å². The van der Waals surface area contributed by atoms with Gasteiger partial charge in [0.25, 0.3) is 0 Å². The van der Waals surface area contributed by atoms with E-state index in [1.165, 1.54) is 34.7 Å². The van der Waals surface area contributed by atoms with E-state index in [9.17, 15) is 5.26 Å². The highest BCUT2D eigenvalue weighted by Crippen LogP contribution is 2.40. The molecular formula is C31H39N13S2. The number of tetrazole rings is 1. The van der Waals surface area contributed by atoms with Crippen molar-refractivity contribution in [3.8, 4) is 17.5 Å². The number of nitrogen functional groups attached to an aromatic ring is 4. The second-order valence-electron chi connectivity index (χ2n) is 10.7. The van der Waals surface area contributed by atoms with Gasteiger partial charge in [-0.15, -0.1) is 10.2 Å². The zero-order valence-corrected chi connectivity index (χ0v) is 27.5. The third-order valence-electron chi connectivity index (χ3n) is 6.71. The first-order chi connectivity index (χ1) is 21.4. The van der Waals surface area contributed by atoms with Crippen molar-refractivity contribution in [2.45, 2.75) is 80.4 Å². The van der Waals surface area contributed by atoms with Gasteiger partial charge in [-0.3, -0.25) is 0 Å². The third-order valence-corrected chi connectivity index (χ3v) is 8.92. The first kappa shape index (κ1) is 35.5. The van der Waals surface area contributed by atoms with Gasteiger partial charge in [0.2, 0.25) is 17.7 Å². The maximum absolute atomic E-state index is 9.20. The first-order valence-corrected chi connectivity index (χ1v) is 15.6. The molecule has 0 aliphatic heterocycles. The van der Waals surface area contributed by atoms with Crippen LogP contribution in [0.3, 0.4) is 0 Å². The summed E-state index contributed by atoms with van der Waals surface area (Å²) in [5.41, 5.74) is 29.0. The lowest BCUT2D eigenvalue weighted by Crippen LogP contribution is -2.01. The molecule has 5 aromatic rings. The number of benzene rings is 2. The van der Waals surface area contributed by atoms with Crippen molar-refractivity contribution in [3.05, 3.63) is 64.5 Å². The number of anilines is 4. The van der Waals surface area contributed by atoms with Gasteiger partial charge in [0.1, 0.15) is 11.6 Å². The minimum atomic E-state index is 0. The Balaban J connectivity index is 0.000000247. The van der Waals surface area contributed by atoms with Crippen LogP contribution in [0, 0.1) is 25.2 Å². The molecule has 5 rings (SSSR count). The van der Waals surface area contributed by atoms with E-state index in [1.807, 2.05) is 19.9 Å². The van der Waals surface area contributed by atoms with Crippen LogP contribution < -0.4 is 22.9 Å². The molecule has 0 aliphatic rings. The number of aryl methyl sites for hydroxylation is 2. The number of nitrogens with zero attached hydrogens (tertiary/aromatic N) is 8. The standard InChI is InChI=1S/C15H18N8S.C15H17N5S.CH4/c1-7(2)9-4-8(3)10(14-20-22-23-21-14)5-11(9)24-12-6-18-15(17)19-13(12)16;1-8(2)11-4-9(3)10(6-16)5-12(11)21-13-7-19-15(18)20-14(13)17;/h4-7H,1-3H3,(H4,16,17,18,19)(H,20,21,22,23);4-5,7-8H,1-3H3,(H4,17,18,19,20);1H4. The van der Waals surface area contributed by atoms with E-state index >= 15 is 0 Å². The number of hydrogen-bond acceptors (Lipinski definition) is 14. The van der Waals surface area contributed by atoms with Gasteiger partial charge in [-0.25, -0.2) is 9.97 Å². The molecule has 9 N–H and O–H groups in total. The molecule has 0 fully saturated rings. The SMILES string of the molecule is C.Cc1cc(C(C)C)c(Sc2cnc(N)nc2N)cc1-c1nn[nH]n1.Cc1cc(C(C)C)c(Sc2cnc(N)nc2N)cc1C#N. The molecule has 3 aromatic heterocycles. The molecule has 0 saturated heterocycles. The summed E-state index contributed by atoms with van der Waals surface area (Å²) in [4.78, 5) is 19.5. The van der Waals surface area contributed by atoms with Crippen molar-refractivity contribution in [1.82, 2.24) is 40.6 Å². The lowest BCUT2D eigenvalue weighted by molar-refractivity contribution is 0.839. The van der Waals surface area contributed by atoms with Crippen molar-refractivity contribution in [1.29, 1.82) is 5.26 Å². The van der Waals surface area contributed by atoms with Gasteiger partial charge in [0, 0.05) is 27.7 Å². The summed E-state index contributed by atoms with van der Waals surface area (Å²) in [6.07, 6.45) is 3.25. The Bertz CT molecular complexity index is 1850. The number of rotatable bonds is 7. The Labute approximate surface area is 277 Å². The summed E-state index contributed by atoms with van der Waals surface area (Å²) >= 11 is 2.97. The molecule has 0 unspecified atom stereocenters. The third kappa shape index (κ3) is 8.40. The van der Waals surface area contributed by atoms with Crippen molar-refractivity contribution in [2.24, 2.45) is 0 Å². The highest BCUT2D eigenvalue weighted by molar-refractivity contribution is 7.99. The Morgan fingerprint density at radius 2 is 1.24 bits per heavy atom. The van der Waals surface area contributed by atoms with Gasteiger partial charge >= 0.3 is 0 Å². The van der Waals surface area contributed by atoms with Crippen LogP contribution in [0.4, 0.5) is 23.5 Å². The number of aromatic amines is 1. The fourth-order valence-electron chi connectivity index (χ4n) is 4.33. The molecule has 46 heavy (non-hydrogen) atoms. The number of hydrogen-bond donors (Lipinski definition) is 5. The summed E-state index contributed by atoms with van der Waals surface area (Å²) < 4.78 is 0. The van der Waals surface area contributed by atoms with Crippen LogP contribution in [0.15, 0.2) is 56.2 Å². The van der Waals surface area contributed by atoms with E-state index in [0.717, 1.165) is 36.3 Å². The molecule has 15 heteroatoms. The highest BCUT2D eigenvalue weighted by Gasteiger charge is 2.17. The van der Waals surface area contributed by atoms with Gasteiger partial charge in [0.05, 0.1) is 21.4 Å². The molecule has 2 aromatic carbocycles. The molecule has 0 amide bonds. The Kier molecular flexibility index (Phi) is 11.9. The predicted octanol–water partition coefficient (Wildman–Crippen LogP) is 6.14. The molecule has 0 saturated carbocycles. The molecule has 13 nitrogen and oxygen atoms in total. The average molecular weight is 658 g/mol. The largest absolute Gasteiger partial charge is 0.383 e. The lowest BCUT2D eigenvalue weighted by Gasteiger charge is -2.16. The fourth-order valence-corrected chi connectivity index (χ4v) is 6.49. The molecule has 240 valence electrons. The molecule has 0 bridgehead atoms. The second kappa shape index (κ2) is 15.4. The fraction of sp³-hybridized carbons (Fsp3) is 0.290. The van der Waals surface area contributed by atoms with Gasteiger partial charge in [-0.1, -0.05) is 70.8 Å². The number of nitrogens with two attached hydrogens (primary N) is 4. The van der Waals surface area contributed by atoms with E-state index in [-0.39, 0.29) is 19.3 Å². The van der Waals surface area contributed by atoms with Crippen LogP contribution in [0.1, 0.15) is 74.8 Å². The maximum atomic E-state index is 9.20. The summed E-state index contributed by atoms with van der Waals surface area (Å²) in [5, 5.41) is 23.5. The van der Waals surface area contributed by atoms with Crippen LogP contribution in [0.2, 0.25) is 0 Å². The van der Waals surface area contributed by atoms with Crippen LogP contribution >= 0.6 is 23.5 Å². The van der Waals surface area contributed by atoms with E-state index in [4.69, 9.17) is 22.9 Å². The van der Waals surface area contributed by atoms with Gasteiger partial charge in [0.15, 0.2) is 0 Å². The highest BCUT2D eigenvalue weighted by atomic mass is 32.2. The smallest absolute Gasteiger partial charge is 0.221 e. The Hall–Kier alpha value is -4.94. The zero-order valence-electron chi connectivity index (χ0n) is 25.8. The minimum Gasteiger partial charge on any atom is -0.383 e. The summed E-state index contributed by atoms with van der Waals surface area (Å²) in [6.45, 7) is 12.5. The predicted molar refractivity (Wildman–Crippen MR) is 185 cm³/mol. The quantitative estimate of drug-likeness (QED) is 0.132. The lowest BCUT2D eigenvalue weighted by atomic mass is 9.97. The van der Waals surface area contributed by atoms with Gasteiger partial charge < -0.3 is 22.9 Å². The van der Waals surface area contributed by atoms with E-state index in [0.29, 0.717) is 34.9 Å². The number of nitrogens with one attached hydrogen (secondary N) is 1. The zero-order chi connectivity index (χ0) is 32.8.